The van der Waals surface area contributed by atoms with E-state index in [1.165, 1.54) is 18.2 Å². The lowest BCUT2D eigenvalue weighted by Gasteiger charge is -2.43. The number of benzene rings is 1. The lowest BCUT2D eigenvalue weighted by Crippen LogP contribution is -3.06. The maximum Gasteiger partial charge on any atom is 0.240 e. The molecule has 1 saturated heterocycles. The third-order valence-electron chi connectivity index (χ3n) is 3.85. The van der Waals surface area contributed by atoms with Crippen molar-refractivity contribution < 1.29 is 13.7 Å². The van der Waals surface area contributed by atoms with Crippen molar-refractivity contribution in [1.29, 1.82) is 0 Å². The smallest absolute Gasteiger partial charge is 0.240 e. The molecule has 1 aliphatic rings. The van der Waals surface area contributed by atoms with Crippen molar-refractivity contribution in [1.82, 2.24) is 4.72 Å². The van der Waals surface area contributed by atoms with E-state index < -0.39 is 10.0 Å². The topological polar surface area (TPSA) is 62.8 Å². The molecular weight excluding hydrogens is 343 g/mol. The number of nitrogens with one attached hydrogen (secondary N) is 1. The zero-order chi connectivity index (χ0) is 16.8. The van der Waals surface area contributed by atoms with Crippen molar-refractivity contribution in [3.05, 3.63) is 28.2 Å². The molecule has 3 N–H and O–H groups in total. The maximum atomic E-state index is 12.6. The van der Waals surface area contributed by atoms with Crippen molar-refractivity contribution in [2.75, 3.05) is 0 Å². The Bertz CT molecular complexity index is 656. The first-order chi connectivity index (χ1) is 9.90. The molecule has 2 rings (SSSR count). The molecule has 1 heterocycles. The van der Waals surface area contributed by atoms with Crippen LogP contribution in [0.25, 0.3) is 0 Å². The van der Waals surface area contributed by atoms with Gasteiger partial charge in [-0.2, -0.15) is 0 Å². The molecule has 0 atom stereocenters. The Labute approximate surface area is 142 Å². The van der Waals surface area contributed by atoms with E-state index in [9.17, 15) is 8.42 Å². The summed E-state index contributed by atoms with van der Waals surface area (Å²) >= 11 is 11.8. The molecule has 0 spiro atoms. The van der Waals surface area contributed by atoms with E-state index in [0.717, 1.165) is 12.8 Å². The second-order valence-electron chi connectivity index (χ2n) is 7.42. The average Bonchev–Trinajstić information content (AvgIpc) is 2.27. The Morgan fingerprint density at radius 2 is 1.64 bits per heavy atom. The van der Waals surface area contributed by atoms with Gasteiger partial charge in [-0.25, -0.2) is 13.1 Å². The van der Waals surface area contributed by atoms with Gasteiger partial charge in [-0.05, 0) is 45.9 Å². The van der Waals surface area contributed by atoms with Gasteiger partial charge in [0.15, 0.2) is 0 Å². The van der Waals surface area contributed by atoms with Crippen LogP contribution in [0.4, 0.5) is 0 Å². The summed E-state index contributed by atoms with van der Waals surface area (Å²) in [5, 5.41) is 2.89. The van der Waals surface area contributed by atoms with Gasteiger partial charge in [-0.1, -0.05) is 23.2 Å². The van der Waals surface area contributed by atoms with Gasteiger partial charge in [-0.15, -0.1) is 0 Å². The van der Waals surface area contributed by atoms with Crippen LogP contribution in [0.1, 0.15) is 40.5 Å². The van der Waals surface area contributed by atoms with Crippen LogP contribution in [0.3, 0.4) is 0 Å². The standard InChI is InChI=1S/C15H22Cl2N2O2S/c1-14(2)8-10(9-15(3,4)19-14)18-22(20,21)11-5-6-12(16)13(17)7-11/h5-7,10,18-19H,8-9H2,1-4H3/p+1. The zero-order valence-electron chi connectivity index (χ0n) is 13.3. The Morgan fingerprint density at radius 1 is 1.09 bits per heavy atom. The van der Waals surface area contributed by atoms with Crippen LogP contribution in [-0.2, 0) is 10.0 Å². The summed E-state index contributed by atoms with van der Waals surface area (Å²) in [6.07, 6.45) is 1.55. The van der Waals surface area contributed by atoms with Gasteiger partial charge in [0.05, 0.1) is 26.0 Å². The fourth-order valence-electron chi connectivity index (χ4n) is 3.53. The molecule has 0 unspecified atom stereocenters. The number of halogens is 2. The Balaban J connectivity index is 2.23. The summed E-state index contributed by atoms with van der Waals surface area (Å²) in [6.45, 7) is 8.53. The quantitative estimate of drug-likeness (QED) is 0.864. The highest BCUT2D eigenvalue weighted by atomic mass is 35.5. The van der Waals surface area contributed by atoms with Gasteiger partial charge in [0.25, 0.3) is 0 Å². The molecule has 22 heavy (non-hydrogen) atoms. The SMILES string of the molecule is CC1(C)CC(NS(=O)(=O)c2ccc(Cl)c(Cl)c2)CC(C)(C)[NH2+]1. The Morgan fingerprint density at radius 3 is 2.14 bits per heavy atom. The minimum atomic E-state index is -3.61. The van der Waals surface area contributed by atoms with Crippen molar-refractivity contribution in [2.45, 2.75) is 62.6 Å². The summed E-state index contributed by atoms with van der Waals surface area (Å²) in [5.74, 6) is 0. The van der Waals surface area contributed by atoms with Crippen LogP contribution >= 0.6 is 23.2 Å². The number of nitrogens with two attached hydrogens (primary N) is 1. The predicted molar refractivity (Wildman–Crippen MR) is 89.9 cm³/mol. The predicted octanol–water partition coefficient (Wildman–Crippen LogP) is 2.55. The lowest BCUT2D eigenvalue weighted by atomic mass is 9.80. The number of sulfonamides is 1. The van der Waals surface area contributed by atoms with E-state index in [1.807, 2.05) is 0 Å². The normalized spacial score (nSPS) is 21.7. The van der Waals surface area contributed by atoms with Crippen LogP contribution < -0.4 is 10.0 Å². The first-order valence-electron chi connectivity index (χ1n) is 7.25. The van der Waals surface area contributed by atoms with Gasteiger partial charge in [0, 0.05) is 18.9 Å². The largest absolute Gasteiger partial charge is 0.337 e. The molecule has 1 aromatic rings. The molecule has 0 aliphatic carbocycles. The molecular formula is C15H23Cl2N2O2S+. The molecule has 7 heteroatoms. The number of piperidine rings is 1. The number of quaternary nitrogens is 1. The summed E-state index contributed by atoms with van der Waals surface area (Å²) in [6, 6.07) is 4.26. The number of hydrogen-bond acceptors (Lipinski definition) is 2. The first kappa shape index (κ1) is 18.0. The number of rotatable bonds is 3. The van der Waals surface area contributed by atoms with E-state index >= 15 is 0 Å². The molecule has 4 nitrogen and oxygen atoms in total. The van der Waals surface area contributed by atoms with Gasteiger partial charge in [0.1, 0.15) is 0 Å². The average molecular weight is 366 g/mol. The van der Waals surface area contributed by atoms with E-state index in [1.54, 1.807) is 0 Å². The maximum absolute atomic E-state index is 12.6. The highest BCUT2D eigenvalue weighted by Gasteiger charge is 2.42. The van der Waals surface area contributed by atoms with E-state index in [4.69, 9.17) is 23.2 Å². The van der Waals surface area contributed by atoms with Gasteiger partial charge >= 0.3 is 0 Å². The van der Waals surface area contributed by atoms with Crippen LogP contribution in [0.5, 0.6) is 0 Å². The van der Waals surface area contributed by atoms with Crippen molar-refractivity contribution >= 4 is 33.2 Å². The summed E-state index contributed by atoms with van der Waals surface area (Å²) in [5.41, 5.74) is -0.0147. The van der Waals surface area contributed by atoms with Crippen molar-refractivity contribution in [2.24, 2.45) is 0 Å². The van der Waals surface area contributed by atoms with E-state index in [-0.39, 0.29) is 27.0 Å². The molecule has 0 radical (unpaired) electrons. The first-order valence-corrected chi connectivity index (χ1v) is 9.49. The van der Waals surface area contributed by atoms with Crippen LogP contribution in [0.15, 0.2) is 23.1 Å². The van der Waals surface area contributed by atoms with Gasteiger partial charge in [-0.3, -0.25) is 0 Å². The van der Waals surface area contributed by atoms with Crippen molar-refractivity contribution in [3.8, 4) is 0 Å². The molecule has 0 amide bonds. The number of hydrogen-bond donors (Lipinski definition) is 2. The Kier molecular flexibility index (Phi) is 4.87. The highest BCUT2D eigenvalue weighted by molar-refractivity contribution is 7.89. The summed E-state index contributed by atoms with van der Waals surface area (Å²) in [7, 11) is -3.61. The lowest BCUT2D eigenvalue weighted by molar-refractivity contribution is -0.787. The molecule has 124 valence electrons. The second kappa shape index (κ2) is 5.95. The summed E-state index contributed by atoms with van der Waals surface area (Å²) < 4.78 is 27.9. The summed E-state index contributed by atoms with van der Waals surface area (Å²) in [4.78, 5) is 0.145. The fourth-order valence-corrected chi connectivity index (χ4v) is 5.16. The van der Waals surface area contributed by atoms with E-state index in [0.29, 0.717) is 5.02 Å². The molecule has 1 aromatic carbocycles. The van der Waals surface area contributed by atoms with Crippen LogP contribution in [0, 0.1) is 0 Å². The second-order valence-corrected chi connectivity index (χ2v) is 9.95. The van der Waals surface area contributed by atoms with E-state index in [2.05, 4.69) is 37.7 Å². The third kappa shape index (κ3) is 4.36. The molecule has 0 bridgehead atoms. The van der Waals surface area contributed by atoms with Crippen LogP contribution in [0.2, 0.25) is 10.0 Å². The minimum Gasteiger partial charge on any atom is -0.337 e. The van der Waals surface area contributed by atoms with Gasteiger partial charge in [0.2, 0.25) is 10.0 Å². The fraction of sp³-hybridized carbons (Fsp3) is 0.600. The van der Waals surface area contributed by atoms with Crippen molar-refractivity contribution in [3.63, 3.8) is 0 Å². The molecule has 0 aromatic heterocycles. The molecule has 1 fully saturated rings. The highest BCUT2D eigenvalue weighted by Crippen LogP contribution is 2.27. The van der Waals surface area contributed by atoms with Gasteiger partial charge < -0.3 is 5.32 Å². The molecule has 0 saturated carbocycles. The Hall–Kier alpha value is -0.330. The minimum absolute atomic E-state index is 0.00736. The zero-order valence-corrected chi connectivity index (χ0v) is 15.6. The third-order valence-corrected chi connectivity index (χ3v) is 6.11. The monoisotopic (exact) mass is 365 g/mol. The van der Waals surface area contributed by atoms with Crippen LogP contribution in [-0.4, -0.2) is 25.5 Å². The molecule has 1 aliphatic heterocycles.